The normalized spacial score (nSPS) is 11.6. The average molecular weight is 337 g/mol. The van der Waals surface area contributed by atoms with Gasteiger partial charge in [0, 0.05) is 5.39 Å². The highest BCUT2D eigenvalue weighted by Gasteiger charge is 2.31. The lowest BCUT2D eigenvalue weighted by Crippen LogP contribution is -2.17. The molecular weight excluding hydrogens is 327 g/mol. The molecule has 0 aliphatic heterocycles. The Morgan fingerprint density at radius 2 is 1.75 bits per heavy atom. The first-order chi connectivity index (χ1) is 11.2. The summed E-state index contributed by atoms with van der Waals surface area (Å²) < 4.78 is 41.3. The van der Waals surface area contributed by atoms with Crippen molar-refractivity contribution in [3.05, 3.63) is 54.2 Å². The number of fused-ring (bicyclic) bond motifs is 1. The molecule has 1 heterocycles. The van der Waals surface area contributed by atoms with E-state index < -0.39 is 12.3 Å². The topological polar surface area (TPSA) is 71.7 Å². The maximum atomic E-state index is 12.3. The minimum atomic E-state index is -4.79. The largest absolute Gasteiger partial charge is 0.573 e. The second kappa shape index (κ2) is 5.48. The number of ether oxygens (including phenoxy) is 1. The number of carboxylic acid groups (broad SMARTS) is 1. The first-order valence-electron chi connectivity index (χ1n) is 6.69. The van der Waals surface area contributed by atoms with Crippen molar-refractivity contribution >= 4 is 16.9 Å². The molecule has 2 aromatic carbocycles. The number of nitrogens with zero attached hydrogens (tertiary/aromatic N) is 1. The van der Waals surface area contributed by atoms with Gasteiger partial charge in [-0.3, -0.25) is 0 Å². The molecule has 0 amide bonds. The van der Waals surface area contributed by atoms with Crippen molar-refractivity contribution in [3.8, 4) is 16.9 Å². The van der Waals surface area contributed by atoms with Crippen LogP contribution in [0.25, 0.3) is 22.0 Å². The number of aromatic carboxylic acids is 1. The van der Waals surface area contributed by atoms with E-state index in [0.717, 1.165) is 0 Å². The lowest BCUT2D eigenvalue weighted by Gasteiger charge is -2.10. The third kappa shape index (κ3) is 2.98. The molecule has 2 N–H and O–H groups in total. The predicted octanol–water partition coefficient (Wildman–Crippen LogP) is 4.14. The van der Waals surface area contributed by atoms with Crippen molar-refractivity contribution < 1.29 is 33.0 Å². The molecule has 0 atom stereocenters. The molecule has 0 radical (unpaired) electrons. The summed E-state index contributed by atoms with van der Waals surface area (Å²) in [7, 11) is 0. The van der Waals surface area contributed by atoms with Crippen LogP contribution in [0.15, 0.2) is 48.5 Å². The van der Waals surface area contributed by atoms with Crippen LogP contribution in [0.3, 0.4) is 0 Å². The van der Waals surface area contributed by atoms with Gasteiger partial charge in [0.05, 0.1) is 5.52 Å². The summed E-state index contributed by atoms with van der Waals surface area (Å²) in [4.78, 5) is 11.0. The van der Waals surface area contributed by atoms with E-state index in [1.165, 1.54) is 30.3 Å². The van der Waals surface area contributed by atoms with Crippen molar-refractivity contribution in [1.82, 2.24) is 4.73 Å². The quantitative estimate of drug-likeness (QED) is 0.705. The standard InChI is InChI=1S/C16H10F3NO4/c17-16(18,19)24-12-3-1-2-9(6-12)10-4-5-11-8-14(15(21)22)20(23)13(11)7-10/h1-8,23H,(H,21,22). The van der Waals surface area contributed by atoms with Gasteiger partial charge >= 0.3 is 12.3 Å². The molecule has 0 unspecified atom stereocenters. The molecule has 0 saturated heterocycles. The van der Waals surface area contributed by atoms with Crippen LogP contribution in [0.4, 0.5) is 13.2 Å². The Kier molecular flexibility index (Phi) is 3.59. The van der Waals surface area contributed by atoms with Crippen LogP contribution in [-0.2, 0) is 0 Å². The van der Waals surface area contributed by atoms with Gasteiger partial charge in [-0.2, -0.15) is 4.73 Å². The molecule has 124 valence electrons. The molecule has 0 aliphatic carbocycles. The van der Waals surface area contributed by atoms with Crippen LogP contribution in [0.1, 0.15) is 10.5 Å². The first-order valence-corrected chi connectivity index (χ1v) is 6.69. The zero-order valence-electron chi connectivity index (χ0n) is 11.9. The van der Waals surface area contributed by atoms with Crippen molar-refractivity contribution in [1.29, 1.82) is 0 Å². The molecule has 24 heavy (non-hydrogen) atoms. The summed E-state index contributed by atoms with van der Waals surface area (Å²) in [5, 5.41) is 19.4. The van der Waals surface area contributed by atoms with E-state index in [4.69, 9.17) is 5.11 Å². The van der Waals surface area contributed by atoms with Gasteiger partial charge in [-0.15, -0.1) is 13.2 Å². The average Bonchev–Trinajstić information content (AvgIpc) is 2.83. The van der Waals surface area contributed by atoms with Crippen molar-refractivity contribution in [2.24, 2.45) is 0 Å². The maximum absolute atomic E-state index is 12.3. The van der Waals surface area contributed by atoms with Crippen LogP contribution in [0.2, 0.25) is 0 Å². The highest BCUT2D eigenvalue weighted by molar-refractivity contribution is 5.95. The summed E-state index contributed by atoms with van der Waals surface area (Å²) in [5.74, 6) is -1.67. The number of aromatic nitrogens is 1. The molecule has 3 aromatic rings. The Balaban J connectivity index is 2.05. The van der Waals surface area contributed by atoms with E-state index in [2.05, 4.69) is 4.74 Å². The molecule has 3 rings (SSSR count). The second-order valence-electron chi connectivity index (χ2n) is 5.00. The lowest BCUT2D eigenvalue weighted by molar-refractivity contribution is -0.274. The summed E-state index contributed by atoms with van der Waals surface area (Å²) >= 11 is 0. The number of benzene rings is 2. The molecule has 0 aliphatic rings. The minimum Gasteiger partial charge on any atom is -0.476 e. The maximum Gasteiger partial charge on any atom is 0.573 e. The van der Waals surface area contributed by atoms with Crippen molar-refractivity contribution in [3.63, 3.8) is 0 Å². The zero-order valence-corrected chi connectivity index (χ0v) is 11.9. The lowest BCUT2D eigenvalue weighted by atomic mass is 10.0. The highest BCUT2D eigenvalue weighted by atomic mass is 19.4. The van der Waals surface area contributed by atoms with Crippen LogP contribution in [0, 0.1) is 0 Å². The number of alkyl halides is 3. The van der Waals surface area contributed by atoms with E-state index >= 15 is 0 Å². The minimum absolute atomic E-state index is 0.229. The summed E-state index contributed by atoms with van der Waals surface area (Å²) in [5.41, 5.74) is 0.848. The third-order valence-electron chi connectivity index (χ3n) is 3.40. The van der Waals surface area contributed by atoms with Gasteiger partial charge in [0.25, 0.3) is 0 Å². The molecule has 0 fully saturated rings. The van der Waals surface area contributed by atoms with Gasteiger partial charge in [0.15, 0.2) is 5.69 Å². The van der Waals surface area contributed by atoms with Crippen molar-refractivity contribution in [2.45, 2.75) is 6.36 Å². The van der Waals surface area contributed by atoms with Gasteiger partial charge < -0.3 is 15.1 Å². The summed E-state index contributed by atoms with van der Waals surface area (Å²) in [6, 6.07) is 11.3. The SMILES string of the molecule is O=C(O)c1cc2ccc(-c3cccc(OC(F)(F)F)c3)cc2n1O. The van der Waals surface area contributed by atoms with Crippen molar-refractivity contribution in [2.75, 3.05) is 0 Å². The number of rotatable bonds is 3. The van der Waals surface area contributed by atoms with E-state index in [0.29, 0.717) is 21.2 Å². The Hall–Kier alpha value is -3.16. The van der Waals surface area contributed by atoms with Gasteiger partial charge in [-0.25, -0.2) is 4.79 Å². The van der Waals surface area contributed by atoms with Gasteiger partial charge in [0.2, 0.25) is 0 Å². The predicted molar refractivity (Wildman–Crippen MR) is 78.2 cm³/mol. The van der Waals surface area contributed by atoms with Crippen LogP contribution < -0.4 is 4.74 Å². The van der Waals surface area contributed by atoms with Gasteiger partial charge in [-0.1, -0.05) is 24.3 Å². The Bertz CT molecular complexity index is 931. The van der Waals surface area contributed by atoms with Crippen LogP contribution in [-0.4, -0.2) is 27.4 Å². The van der Waals surface area contributed by atoms with E-state index in [1.807, 2.05) is 0 Å². The highest BCUT2D eigenvalue weighted by Crippen LogP contribution is 2.30. The first kappa shape index (κ1) is 15.7. The second-order valence-corrected chi connectivity index (χ2v) is 5.00. The fraction of sp³-hybridized carbons (Fsp3) is 0.0625. The summed E-state index contributed by atoms with van der Waals surface area (Å²) in [6.45, 7) is 0. The fourth-order valence-corrected chi connectivity index (χ4v) is 2.39. The number of carboxylic acids is 1. The molecular formula is C16H10F3NO4. The Labute approximate surface area is 133 Å². The monoisotopic (exact) mass is 337 g/mol. The smallest absolute Gasteiger partial charge is 0.476 e. The van der Waals surface area contributed by atoms with Gasteiger partial charge in [-0.05, 0) is 35.4 Å². The van der Waals surface area contributed by atoms with Crippen LogP contribution >= 0.6 is 0 Å². The van der Waals surface area contributed by atoms with Gasteiger partial charge in [0.1, 0.15) is 5.75 Å². The number of hydrogen-bond donors (Lipinski definition) is 2. The number of carbonyl (C=O) groups is 1. The molecule has 0 bridgehead atoms. The number of halogens is 3. The molecule has 0 spiro atoms. The molecule has 1 aromatic heterocycles. The Morgan fingerprint density at radius 1 is 1.04 bits per heavy atom. The summed E-state index contributed by atoms with van der Waals surface area (Å²) in [6.07, 6.45) is -4.79. The molecule has 5 nitrogen and oxygen atoms in total. The zero-order chi connectivity index (χ0) is 17.5. The van der Waals surface area contributed by atoms with E-state index in [9.17, 15) is 23.2 Å². The molecule has 0 saturated carbocycles. The Morgan fingerprint density at radius 3 is 2.42 bits per heavy atom. The molecule has 8 heteroatoms. The van der Waals surface area contributed by atoms with E-state index in [1.54, 1.807) is 18.2 Å². The number of hydrogen-bond acceptors (Lipinski definition) is 3. The van der Waals surface area contributed by atoms with E-state index in [-0.39, 0.29) is 17.0 Å². The third-order valence-corrected chi connectivity index (χ3v) is 3.40. The fourth-order valence-electron chi connectivity index (χ4n) is 2.39. The van der Waals surface area contributed by atoms with Crippen LogP contribution in [0.5, 0.6) is 5.75 Å².